The van der Waals surface area contributed by atoms with Crippen LogP contribution in [0.2, 0.25) is 10.0 Å². The van der Waals surface area contributed by atoms with Crippen LogP contribution in [0, 0.1) is 11.3 Å². The molecule has 0 bridgehead atoms. The van der Waals surface area contributed by atoms with E-state index in [1.165, 1.54) is 10.4 Å². The molecule has 0 amide bonds. The molecule has 114 valence electrons. The maximum Gasteiger partial charge on any atom is 0.245 e. The number of halogens is 2. The quantitative estimate of drug-likeness (QED) is 0.878. The molecule has 1 aromatic rings. The van der Waals surface area contributed by atoms with Crippen LogP contribution < -0.4 is 4.90 Å². The Labute approximate surface area is 134 Å². The van der Waals surface area contributed by atoms with Gasteiger partial charge < -0.3 is 4.90 Å². The lowest BCUT2D eigenvalue weighted by molar-refractivity contribution is -0.918. The van der Waals surface area contributed by atoms with Gasteiger partial charge in [0, 0.05) is 6.92 Å². The van der Waals surface area contributed by atoms with Crippen LogP contribution in [0.4, 0.5) is 0 Å². The first-order valence-electron chi connectivity index (χ1n) is 6.56. The highest BCUT2D eigenvalue weighted by molar-refractivity contribution is 7.89. The van der Waals surface area contributed by atoms with Crippen molar-refractivity contribution in [1.29, 1.82) is 5.26 Å². The van der Waals surface area contributed by atoms with Crippen molar-refractivity contribution < 1.29 is 13.3 Å². The van der Waals surface area contributed by atoms with Gasteiger partial charge in [0.1, 0.15) is 11.0 Å². The molecule has 8 heteroatoms. The number of piperazine rings is 1. The van der Waals surface area contributed by atoms with Gasteiger partial charge in [0.15, 0.2) is 6.04 Å². The molecule has 1 aromatic carbocycles. The van der Waals surface area contributed by atoms with Crippen molar-refractivity contribution in [2.24, 2.45) is 0 Å². The number of nitriles is 1. The lowest BCUT2D eigenvalue weighted by Crippen LogP contribution is -3.17. The Kier molecular flexibility index (Phi) is 5.12. The lowest BCUT2D eigenvalue weighted by Gasteiger charge is -2.32. The summed E-state index contributed by atoms with van der Waals surface area (Å²) in [6, 6.07) is 6.64. The average molecular weight is 349 g/mol. The van der Waals surface area contributed by atoms with E-state index in [0.717, 1.165) is 4.90 Å². The molecule has 1 atom stereocenters. The smallest absolute Gasteiger partial charge is 0.245 e. The molecule has 1 heterocycles. The highest BCUT2D eigenvalue weighted by Gasteiger charge is 2.33. The van der Waals surface area contributed by atoms with Crippen LogP contribution >= 0.6 is 23.2 Å². The van der Waals surface area contributed by atoms with Crippen LogP contribution in [-0.4, -0.2) is 44.9 Å². The maximum absolute atomic E-state index is 12.6. The Morgan fingerprint density at radius 2 is 1.95 bits per heavy atom. The zero-order valence-corrected chi connectivity index (χ0v) is 13.8. The number of benzene rings is 1. The predicted octanol–water partition coefficient (Wildman–Crippen LogP) is 0.795. The van der Waals surface area contributed by atoms with E-state index in [1.54, 1.807) is 12.1 Å². The summed E-state index contributed by atoms with van der Waals surface area (Å²) in [5.41, 5.74) is 0. The van der Waals surface area contributed by atoms with Gasteiger partial charge in [-0.15, -0.1) is 0 Å². The second-order valence-electron chi connectivity index (χ2n) is 4.97. The predicted molar refractivity (Wildman–Crippen MR) is 81.0 cm³/mol. The largest absolute Gasteiger partial charge is 0.319 e. The number of quaternary nitrogens is 1. The van der Waals surface area contributed by atoms with E-state index in [-0.39, 0.29) is 21.0 Å². The molecule has 0 aromatic heterocycles. The van der Waals surface area contributed by atoms with Gasteiger partial charge in [-0.3, -0.25) is 0 Å². The third-order valence-corrected chi connectivity index (χ3v) is 6.58. The molecule has 0 radical (unpaired) electrons. The van der Waals surface area contributed by atoms with Gasteiger partial charge >= 0.3 is 0 Å². The van der Waals surface area contributed by atoms with Crippen LogP contribution in [0.25, 0.3) is 0 Å². The summed E-state index contributed by atoms with van der Waals surface area (Å²) in [4.78, 5) is 1.13. The van der Waals surface area contributed by atoms with E-state index < -0.39 is 10.0 Å². The molecule has 1 aliphatic heterocycles. The summed E-state index contributed by atoms with van der Waals surface area (Å²) in [6.45, 7) is 3.78. The first-order chi connectivity index (χ1) is 9.87. The van der Waals surface area contributed by atoms with Crippen LogP contribution in [0.3, 0.4) is 0 Å². The standard InChI is InChI=1S/C13H15Cl2N3O2S/c1-10(9-16)17-5-7-18(8-6-17)21(19,20)12-4-2-3-11(14)13(12)15/h2-4,10H,5-8H2,1H3/p+1/t10-/m1/s1. The molecule has 1 fully saturated rings. The second kappa shape index (κ2) is 6.51. The SMILES string of the molecule is C[C@H](C#N)[NH+]1CCN(S(=O)(=O)c2cccc(Cl)c2Cl)CC1. The molecule has 0 saturated carbocycles. The molecule has 1 aliphatic rings. The molecule has 1 N–H and O–H groups in total. The highest BCUT2D eigenvalue weighted by Crippen LogP contribution is 2.30. The normalized spacial score (nSPS) is 19.1. The van der Waals surface area contributed by atoms with Crippen molar-refractivity contribution >= 4 is 33.2 Å². The van der Waals surface area contributed by atoms with Gasteiger partial charge in [0.25, 0.3) is 0 Å². The van der Waals surface area contributed by atoms with E-state index >= 15 is 0 Å². The number of sulfonamides is 1. The molecule has 0 aliphatic carbocycles. The maximum atomic E-state index is 12.6. The Hall–Kier alpha value is -0.840. The minimum absolute atomic E-state index is 0.0356. The molecular weight excluding hydrogens is 333 g/mol. The molecule has 0 spiro atoms. The van der Waals surface area contributed by atoms with E-state index in [4.69, 9.17) is 28.5 Å². The van der Waals surface area contributed by atoms with Gasteiger partial charge in [-0.1, -0.05) is 29.3 Å². The van der Waals surface area contributed by atoms with Crippen LogP contribution in [0.1, 0.15) is 6.92 Å². The summed E-state index contributed by atoms with van der Waals surface area (Å²) in [5.74, 6) is 0. The van der Waals surface area contributed by atoms with Crippen molar-refractivity contribution in [2.45, 2.75) is 17.9 Å². The number of nitrogens with zero attached hydrogens (tertiary/aromatic N) is 2. The fourth-order valence-electron chi connectivity index (χ4n) is 2.36. The molecule has 0 unspecified atom stereocenters. The van der Waals surface area contributed by atoms with E-state index in [2.05, 4.69) is 6.07 Å². The number of rotatable bonds is 3. The monoisotopic (exact) mass is 348 g/mol. The Morgan fingerprint density at radius 1 is 1.33 bits per heavy atom. The fraction of sp³-hybridized carbons (Fsp3) is 0.462. The number of hydrogen-bond acceptors (Lipinski definition) is 3. The molecular formula is C13H16Cl2N3O2S+. The third-order valence-electron chi connectivity index (χ3n) is 3.70. The zero-order valence-electron chi connectivity index (χ0n) is 11.5. The van der Waals surface area contributed by atoms with Gasteiger partial charge in [-0.2, -0.15) is 9.57 Å². The molecule has 21 heavy (non-hydrogen) atoms. The van der Waals surface area contributed by atoms with Crippen LogP contribution in [0.5, 0.6) is 0 Å². The summed E-state index contributed by atoms with van der Waals surface area (Å²) < 4.78 is 26.6. The first-order valence-corrected chi connectivity index (χ1v) is 8.76. The van der Waals surface area contributed by atoms with Gasteiger partial charge in [-0.05, 0) is 12.1 Å². The van der Waals surface area contributed by atoms with Gasteiger partial charge in [-0.25, -0.2) is 8.42 Å². The topological polar surface area (TPSA) is 65.6 Å². The summed E-state index contributed by atoms with van der Waals surface area (Å²) in [5, 5.41) is 9.20. The average Bonchev–Trinajstić information content (AvgIpc) is 2.49. The minimum atomic E-state index is -3.65. The van der Waals surface area contributed by atoms with Crippen molar-refractivity contribution in [3.63, 3.8) is 0 Å². The second-order valence-corrected chi connectivity index (χ2v) is 7.66. The van der Waals surface area contributed by atoms with Crippen LogP contribution in [0.15, 0.2) is 23.1 Å². The summed E-state index contributed by atoms with van der Waals surface area (Å²) >= 11 is 11.9. The summed E-state index contributed by atoms with van der Waals surface area (Å²) in [6.07, 6.45) is 0. The first kappa shape index (κ1) is 16.5. The minimum Gasteiger partial charge on any atom is -0.319 e. The Balaban J connectivity index is 2.19. The third kappa shape index (κ3) is 3.33. The zero-order chi connectivity index (χ0) is 15.6. The molecule has 1 saturated heterocycles. The van der Waals surface area contributed by atoms with E-state index in [0.29, 0.717) is 26.2 Å². The van der Waals surface area contributed by atoms with Gasteiger partial charge in [0.05, 0.1) is 36.2 Å². The Bertz CT molecular complexity index is 664. The number of nitrogens with one attached hydrogen (secondary N) is 1. The van der Waals surface area contributed by atoms with E-state index in [1.807, 2.05) is 6.92 Å². The van der Waals surface area contributed by atoms with Gasteiger partial charge in [0.2, 0.25) is 10.0 Å². The molecule has 5 nitrogen and oxygen atoms in total. The van der Waals surface area contributed by atoms with Crippen LogP contribution in [-0.2, 0) is 10.0 Å². The van der Waals surface area contributed by atoms with E-state index in [9.17, 15) is 8.42 Å². The molecule has 2 rings (SSSR count). The fourth-order valence-corrected chi connectivity index (χ4v) is 4.54. The van der Waals surface area contributed by atoms with Crippen molar-refractivity contribution in [3.8, 4) is 6.07 Å². The van der Waals surface area contributed by atoms with Crippen molar-refractivity contribution in [3.05, 3.63) is 28.2 Å². The van der Waals surface area contributed by atoms with Crippen molar-refractivity contribution in [2.75, 3.05) is 26.2 Å². The Morgan fingerprint density at radius 3 is 2.52 bits per heavy atom. The number of hydrogen-bond donors (Lipinski definition) is 1. The summed E-state index contributed by atoms with van der Waals surface area (Å²) in [7, 11) is -3.65. The van der Waals surface area contributed by atoms with Crippen molar-refractivity contribution in [1.82, 2.24) is 4.31 Å². The highest BCUT2D eigenvalue weighted by atomic mass is 35.5. The lowest BCUT2D eigenvalue weighted by atomic mass is 10.2.